The molecular formula is C16H25CrN6. The molecule has 0 aliphatic heterocycles. The largest absolute Gasteiger partial charge is 3.00 e. The van der Waals surface area contributed by atoms with E-state index in [1.165, 1.54) is 0 Å². The maximum Gasteiger partial charge on any atom is 3.00 e. The zero-order valence-corrected chi connectivity index (χ0v) is 15.0. The van der Waals surface area contributed by atoms with Crippen LogP contribution in [0.1, 0.15) is 41.6 Å². The Labute approximate surface area is 149 Å². The van der Waals surface area contributed by atoms with Crippen LogP contribution in [-0.4, -0.2) is 30.6 Å². The second kappa shape index (κ2) is 11.7. The molecule has 1 radical (unpaired) electrons. The van der Waals surface area contributed by atoms with Crippen molar-refractivity contribution < 1.29 is 17.4 Å². The number of hydrogen-bond acceptors (Lipinski definition) is 3. The van der Waals surface area contributed by atoms with E-state index >= 15 is 0 Å². The van der Waals surface area contributed by atoms with E-state index in [0.29, 0.717) is 0 Å². The molecule has 0 atom stereocenters. The predicted molar refractivity (Wildman–Crippen MR) is 87.4 cm³/mol. The molecule has 0 unspecified atom stereocenters. The molecule has 6 nitrogen and oxygen atoms in total. The predicted octanol–water partition coefficient (Wildman–Crippen LogP) is 3.11. The Kier molecular flexibility index (Phi) is 11.9. The van der Waals surface area contributed by atoms with E-state index in [4.69, 9.17) is 0 Å². The van der Waals surface area contributed by atoms with Crippen LogP contribution < -0.4 is 0 Å². The smallest absolute Gasteiger partial charge is 0.426 e. The molecular weight excluding hydrogens is 328 g/mol. The van der Waals surface area contributed by atoms with Crippen LogP contribution in [0.15, 0.2) is 0 Å². The Balaban J connectivity index is 0. The summed E-state index contributed by atoms with van der Waals surface area (Å²) in [6, 6.07) is 8.92. The van der Waals surface area contributed by atoms with Gasteiger partial charge in [0, 0.05) is 0 Å². The number of rotatable bonds is 0. The summed E-state index contributed by atoms with van der Waals surface area (Å²) in [5, 5.41) is 19.8. The number of nitrogens with zero attached hydrogens (tertiary/aromatic N) is 3. The SMILES string of the molecule is C.Cc1[c-]c(C)[nH]n1.Cc1[c-]c(C)[nH]n1.Cc1[c-]c(C)[nH]n1.[Cr+3]. The first-order valence-corrected chi connectivity index (χ1v) is 6.59. The Morgan fingerprint density at radius 3 is 0.826 bits per heavy atom. The Morgan fingerprint density at radius 1 is 0.565 bits per heavy atom. The van der Waals surface area contributed by atoms with E-state index in [1.54, 1.807) is 0 Å². The molecule has 7 heteroatoms. The van der Waals surface area contributed by atoms with E-state index in [0.717, 1.165) is 34.2 Å². The molecule has 125 valence electrons. The summed E-state index contributed by atoms with van der Waals surface area (Å²) >= 11 is 0. The molecule has 0 amide bonds. The second-order valence-corrected chi connectivity index (χ2v) is 4.68. The van der Waals surface area contributed by atoms with E-state index < -0.39 is 0 Å². The van der Waals surface area contributed by atoms with Crippen molar-refractivity contribution in [2.75, 3.05) is 0 Å². The van der Waals surface area contributed by atoms with Gasteiger partial charge in [-0.1, -0.05) is 49.0 Å². The van der Waals surface area contributed by atoms with Gasteiger partial charge in [-0.15, -0.1) is 34.2 Å². The fraction of sp³-hybridized carbons (Fsp3) is 0.438. The van der Waals surface area contributed by atoms with E-state index in [2.05, 4.69) is 48.8 Å². The standard InChI is InChI=1S/3C5H7N2.CH4.Cr/c3*1-4-3-5(2)7-6-4;;/h3*1-2H3,(H,6,7);1H4;/q3*-1;;+3. The molecule has 0 aliphatic carbocycles. The van der Waals surface area contributed by atoms with Crippen LogP contribution >= 0.6 is 0 Å². The van der Waals surface area contributed by atoms with Gasteiger partial charge in [0.15, 0.2) is 0 Å². The van der Waals surface area contributed by atoms with Gasteiger partial charge in [-0.2, -0.15) is 0 Å². The van der Waals surface area contributed by atoms with Gasteiger partial charge in [-0.25, -0.2) is 15.3 Å². The van der Waals surface area contributed by atoms with Crippen LogP contribution in [0, 0.1) is 59.7 Å². The van der Waals surface area contributed by atoms with Crippen LogP contribution in [0.4, 0.5) is 0 Å². The van der Waals surface area contributed by atoms with Crippen molar-refractivity contribution in [1.29, 1.82) is 0 Å². The van der Waals surface area contributed by atoms with Crippen molar-refractivity contribution in [1.82, 2.24) is 30.6 Å². The third-order valence-corrected chi connectivity index (χ3v) is 2.28. The first-order chi connectivity index (χ1) is 9.86. The summed E-state index contributed by atoms with van der Waals surface area (Å²) in [6.45, 7) is 11.5. The van der Waals surface area contributed by atoms with Gasteiger partial charge in [-0.3, -0.25) is 0 Å². The van der Waals surface area contributed by atoms with Crippen LogP contribution in [0.25, 0.3) is 0 Å². The molecule has 3 N–H and O–H groups in total. The first-order valence-electron chi connectivity index (χ1n) is 6.59. The maximum atomic E-state index is 3.84. The molecule has 3 aromatic rings. The summed E-state index contributed by atoms with van der Waals surface area (Å²) in [5.41, 5.74) is 5.78. The molecule has 0 saturated carbocycles. The van der Waals surface area contributed by atoms with Crippen LogP contribution in [0.5, 0.6) is 0 Å². The van der Waals surface area contributed by atoms with Crippen molar-refractivity contribution in [2.45, 2.75) is 49.0 Å². The first kappa shape index (κ1) is 23.4. The molecule has 23 heavy (non-hydrogen) atoms. The molecule has 3 aromatic heterocycles. The third-order valence-electron chi connectivity index (χ3n) is 2.28. The molecule has 0 bridgehead atoms. The molecule has 0 aromatic carbocycles. The van der Waals surface area contributed by atoms with Crippen LogP contribution in [0.3, 0.4) is 0 Å². The molecule has 0 spiro atoms. The fourth-order valence-electron chi connectivity index (χ4n) is 1.48. The van der Waals surface area contributed by atoms with E-state index in [1.807, 2.05) is 41.5 Å². The molecule has 0 aliphatic rings. The van der Waals surface area contributed by atoms with Crippen molar-refractivity contribution in [3.63, 3.8) is 0 Å². The molecule has 0 saturated heterocycles. The summed E-state index contributed by atoms with van der Waals surface area (Å²) < 4.78 is 0. The number of aromatic amines is 3. The number of nitrogens with one attached hydrogen (secondary N) is 3. The van der Waals surface area contributed by atoms with Crippen molar-refractivity contribution in [3.8, 4) is 0 Å². The van der Waals surface area contributed by atoms with Gasteiger partial charge in [0.2, 0.25) is 0 Å². The minimum absolute atomic E-state index is 0. The number of aromatic nitrogens is 6. The maximum absolute atomic E-state index is 3.84. The molecule has 0 fully saturated rings. The average molecular weight is 353 g/mol. The summed E-state index contributed by atoms with van der Waals surface area (Å²) in [7, 11) is 0. The molecule has 3 rings (SSSR count). The topological polar surface area (TPSA) is 86.0 Å². The average Bonchev–Trinajstić information content (AvgIpc) is 3.06. The van der Waals surface area contributed by atoms with Crippen LogP contribution in [-0.2, 0) is 17.4 Å². The fourth-order valence-corrected chi connectivity index (χ4v) is 1.48. The summed E-state index contributed by atoms with van der Waals surface area (Å²) in [6.07, 6.45) is 0. The third kappa shape index (κ3) is 10.5. The van der Waals surface area contributed by atoms with Crippen molar-refractivity contribution >= 4 is 0 Å². The summed E-state index contributed by atoms with van der Waals surface area (Å²) in [5.74, 6) is 0. The normalized spacial score (nSPS) is 8.61. The minimum atomic E-state index is 0. The van der Waals surface area contributed by atoms with Gasteiger partial charge < -0.3 is 33.5 Å². The number of H-pyrrole nitrogens is 3. The molecule has 3 heterocycles. The quantitative estimate of drug-likeness (QED) is 0.543. The Hall–Kier alpha value is -1.84. The zero-order chi connectivity index (χ0) is 15.8. The number of hydrogen-bond donors (Lipinski definition) is 3. The Morgan fingerprint density at radius 2 is 0.783 bits per heavy atom. The zero-order valence-electron chi connectivity index (χ0n) is 13.7. The van der Waals surface area contributed by atoms with Gasteiger partial charge >= 0.3 is 17.4 Å². The van der Waals surface area contributed by atoms with E-state index in [9.17, 15) is 0 Å². The van der Waals surface area contributed by atoms with E-state index in [-0.39, 0.29) is 24.8 Å². The number of aryl methyl sites for hydroxylation is 6. The monoisotopic (exact) mass is 353 g/mol. The van der Waals surface area contributed by atoms with Gasteiger partial charge in [0.25, 0.3) is 0 Å². The van der Waals surface area contributed by atoms with Crippen molar-refractivity contribution in [3.05, 3.63) is 52.4 Å². The van der Waals surface area contributed by atoms with Gasteiger partial charge in [0.1, 0.15) is 0 Å². The van der Waals surface area contributed by atoms with Gasteiger partial charge in [-0.05, 0) is 0 Å². The Bertz CT molecular complexity index is 512. The van der Waals surface area contributed by atoms with Crippen LogP contribution in [0.2, 0.25) is 0 Å². The van der Waals surface area contributed by atoms with Crippen molar-refractivity contribution in [2.24, 2.45) is 0 Å². The van der Waals surface area contributed by atoms with Gasteiger partial charge in [0.05, 0.1) is 0 Å². The summed E-state index contributed by atoms with van der Waals surface area (Å²) in [4.78, 5) is 0. The second-order valence-electron chi connectivity index (χ2n) is 4.68. The minimum Gasteiger partial charge on any atom is -0.426 e.